The number of amides is 1. The molecule has 0 atom stereocenters. The summed E-state index contributed by atoms with van der Waals surface area (Å²) in [4.78, 5) is 24.6. The first-order valence-corrected chi connectivity index (χ1v) is 9.15. The van der Waals surface area contributed by atoms with Crippen LogP contribution in [0.15, 0.2) is 30.3 Å². The fraction of sp³-hybridized carbons (Fsp3) is 0.300. The molecule has 0 aliphatic rings. The number of ether oxygens (including phenoxy) is 1. The lowest BCUT2D eigenvalue weighted by Gasteiger charge is -2.10. The van der Waals surface area contributed by atoms with Gasteiger partial charge in [0.25, 0.3) is 5.91 Å². The molecule has 1 N–H and O–H groups in total. The first-order chi connectivity index (χ1) is 14.5. The molecule has 1 amide bonds. The number of carbonyl (C=O) groups excluding carboxylic acids is 2. The first kappa shape index (κ1) is 22.1. The number of hydrogen-bond donors (Lipinski definition) is 1. The van der Waals surface area contributed by atoms with Crippen molar-refractivity contribution >= 4 is 17.6 Å². The Bertz CT molecular complexity index is 1150. The topological polar surface area (TPSA) is 91.0 Å². The number of nitrogens with one attached hydrogen (secondary N) is 1. The molecular weight excluding hydrogens is 415 g/mol. The van der Waals surface area contributed by atoms with Crippen molar-refractivity contribution in [2.75, 3.05) is 12.4 Å². The van der Waals surface area contributed by atoms with E-state index in [-0.39, 0.29) is 12.2 Å². The Morgan fingerprint density at radius 2 is 1.84 bits per heavy atom. The van der Waals surface area contributed by atoms with E-state index in [2.05, 4.69) is 15.5 Å². The molecule has 0 saturated heterocycles. The molecule has 3 aromatic rings. The summed E-state index contributed by atoms with van der Waals surface area (Å²) in [6.07, 6.45) is -4.65. The summed E-state index contributed by atoms with van der Waals surface area (Å²) in [7, 11) is 2.55. The Balaban J connectivity index is 1.87. The van der Waals surface area contributed by atoms with Crippen molar-refractivity contribution in [2.24, 2.45) is 7.05 Å². The smallest absolute Gasteiger partial charge is 0.435 e. The highest BCUT2D eigenvalue weighted by Crippen LogP contribution is 2.29. The summed E-state index contributed by atoms with van der Waals surface area (Å²) in [5.74, 6) is -1.23. The molecule has 0 spiro atoms. The molecule has 164 valence electrons. The maximum Gasteiger partial charge on any atom is 0.435 e. The standard InChI is InChI=1S/C20H20F3N5O3/c1-11-17(24-18(29)15-9-16(20(21,22)23)26-27(15)3)12(2)28(25-11)10-13-7-5-6-8-14(13)19(30)31-4/h5-9H,10H2,1-4H3,(H,24,29). The Labute approximate surface area is 175 Å². The quantitative estimate of drug-likeness (QED) is 0.621. The van der Waals surface area contributed by atoms with Gasteiger partial charge in [-0.3, -0.25) is 14.2 Å². The largest absolute Gasteiger partial charge is 0.465 e. The molecule has 2 aromatic heterocycles. The van der Waals surface area contributed by atoms with E-state index >= 15 is 0 Å². The number of anilines is 1. The number of rotatable bonds is 5. The molecule has 0 fully saturated rings. The van der Waals surface area contributed by atoms with Gasteiger partial charge in [0, 0.05) is 13.1 Å². The molecule has 31 heavy (non-hydrogen) atoms. The normalized spacial score (nSPS) is 11.5. The fourth-order valence-corrected chi connectivity index (χ4v) is 3.16. The van der Waals surface area contributed by atoms with E-state index in [1.54, 1.807) is 42.8 Å². The number of alkyl halides is 3. The molecule has 0 unspecified atom stereocenters. The molecule has 0 saturated carbocycles. The maximum absolute atomic E-state index is 12.9. The molecular formula is C20H20F3N5O3. The van der Waals surface area contributed by atoms with Crippen molar-refractivity contribution < 1.29 is 27.5 Å². The summed E-state index contributed by atoms with van der Waals surface area (Å²) >= 11 is 0. The number of nitrogens with zero attached hydrogens (tertiary/aromatic N) is 4. The minimum atomic E-state index is -4.65. The molecule has 1 aromatic carbocycles. The van der Waals surface area contributed by atoms with E-state index in [1.165, 1.54) is 14.2 Å². The molecule has 8 nitrogen and oxygen atoms in total. The number of aryl methyl sites for hydroxylation is 2. The van der Waals surface area contributed by atoms with Gasteiger partial charge in [0.1, 0.15) is 5.69 Å². The van der Waals surface area contributed by atoms with Gasteiger partial charge in [-0.15, -0.1) is 0 Å². The van der Waals surface area contributed by atoms with E-state index in [0.717, 1.165) is 4.68 Å². The van der Waals surface area contributed by atoms with Crippen molar-refractivity contribution in [3.63, 3.8) is 0 Å². The summed E-state index contributed by atoms with van der Waals surface area (Å²) in [6, 6.07) is 7.57. The fourth-order valence-electron chi connectivity index (χ4n) is 3.16. The van der Waals surface area contributed by atoms with Gasteiger partial charge in [-0.1, -0.05) is 18.2 Å². The van der Waals surface area contributed by atoms with Gasteiger partial charge < -0.3 is 10.1 Å². The van der Waals surface area contributed by atoms with Gasteiger partial charge in [-0.05, 0) is 25.5 Å². The first-order valence-electron chi connectivity index (χ1n) is 9.15. The number of aromatic nitrogens is 4. The number of benzene rings is 1. The van der Waals surface area contributed by atoms with Crippen LogP contribution in [0, 0.1) is 13.8 Å². The monoisotopic (exact) mass is 435 g/mol. The van der Waals surface area contributed by atoms with E-state index in [4.69, 9.17) is 4.74 Å². The molecule has 2 heterocycles. The minimum Gasteiger partial charge on any atom is -0.465 e. The Morgan fingerprint density at radius 3 is 2.45 bits per heavy atom. The van der Waals surface area contributed by atoms with Crippen LogP contribution in [0.25, 0.3) is 0 Å². The summed E-state index contributed by atoms with van der Waals surface area (Å²) in [5, 5.41) is 10.4. The zero-order valence-electron chi connectivity index (χ0n) is 17.2. The second-order valence-electron chi connectivity index (χ2n) is 6.84. The van der Waals surface area contributed by atoms with Crippen molar-refractivity contribution in [3.05, 3.63) is 64.2 Å². The van der Waals surface area contributed by atoms with Crippen LogP contribution in [0.1, 0.15) is 43.5 Å². The predicted octanol–water partition coefficient (Wildman–Crippen LogP) is 3.34. The third kappa shape index (κ3) is 4.44. The van der Waals surface area contributed by atoms with E-state index in [0.29, 0.717) is 34.3 Å². The molecule has 3 rings (SSSR count). The average Bonchev–Trinajstić information content (AvgIpc) is 3.23. The number of esters is 1. The highest BCUT2D eigenvalue weighted by molar-refractivity contribution is 6.03. The average molecular weight is 435 g/mol. The Morgan fingerprint density at radius 1 is 1.16 bits per heavy atom. The Hall–Kier alpha value is -3.63. The lowest BCUT2D eigenvalue weighted by Crippen LogP contribution is -2.17. The van der Waals surface area contributed by atoms with Crippen molar-refractivity contribution in [1.82, 2.24) is 19.6 Å². The van der Waals surface area contributed by atoms with Crippen LogP contribution in [0.3, 0.4) is 0 Å². The summed E-state index contributed by atoms with van der Waals surface area (Å²) < 4.78 is 45.9. The van der Waals surface area contributed by atoms with E-state index < -0.39 is 23.7 Å². The number of methoxy groups -OCH3 is 1. The van der Waals surface area contributed by atoms with Crippen LogP contribution in [0.2, 0.25) is 0 Å². The molecule has 0 aliphatic carbocycles. The molecule has 0 radical (unpaired) electrons. The van der Waals surface area contributed by atoms with Crippen LogP contribution in [0.5, 0.6) is 0 Å². The van der Waals surface area contributed by atoms with Crippen LogP contribution in [0.4, 0.5) is 18.9 Å². The molecule has 11 heteroatoms. The van der Waals surface area contributed by atoms with Gasteiger partial charge >= 0.3 is 12.1 Å². The lowest BCUT2D eigenvalue weighted by molar-refractivity contribution is -0.141. The van der Waals surface area contributed by atoms with Crippen LogP contribution in [-0.4, -0.2) is 38.5 Å². The van der Waals surface area contributed by atoms with Crippen molar-refractivity contribution in [1.29, 1.82) is 0 Å². The van der Waals surface area contributed by atoms with Gasteiger partial charge in [-0.25, -0.2) is 4.79 Å². The number of carbonyl (C=O) groups is 2. The predicted molar refractivity (Wildman–Crippen MR) is 105 cm³/mol. The van der Waals surface area contributed by atoms with Crippen LogP contribution in [-0.2, 0) is 24.5 Å². The van der Waals surface area contributed by atoms with Crippen LogP contribution < -0.4 is 5.32 Å². The SMILES string of the molecule is COC(=O)c1ccccc1Cn1nc(C)c(NC(=O)c2cc(C(F)(F)F)nn2C)c1C. The number of halogens is 3. The van der Waals surface area contributed by atoms with E-state index in [1.807, 2.05) is 0 Å². The van der Waals surface area contributed by atoms with Crippen molar-refractivity contribution in [2.45, 2.75) is 26.6 Å². The van der Waals surface area contributed by atoms with E-state index in [9.17, 15) is 22.8 Å². The zero-order valence-corrected chi connectivity index (χ0v) is 17.2. The van der Waals surface area contributed by atoms with Crippen LogP contribution >= 0.6 is 0 Å². The summed E-state index contributed by atoms with van der Waals surface area (Å²) in [5.41, 5.74) is 1.08. The third-order valence-electron chi connectivity index (χ3n) is 4.77. The highest BCUT2D eigenvalue weighted by Gasteiger charge is 2.35. The highest BCUT2D eigenvalue weighted by atomic mass is 19.4. The minimum absolute atomic E-state index is 0.234. The maximum atomic E-state index is 12.9. The number of hydrogen-bond acceptors (Lipinski definition) is 5. The van der Waals surface area contributed by atoms with Gasteiger partial charge in [0.05, 0.1) is 36.3 Å². The second kappa shape index (κ2) is 8.25. The summed E-state index contributed by atoms with van der Waals surface area (Å²) in [6.45, 7) is 3.61. The Kier molecular flexibility index (Phi) is 5.87. The molecule has 0 aliphatic heterocycles. The lowest BCUT2D eigenvalue weighted by atomic mass is 10.1. The van der Waals surface area contributed by atoms with Crippen molar-refractivity contribution in [3.8, 4) is 0 Å². The van der Waals surface area contributed by atoms with Gasteiger partial charge in [-0.2, -0.15) is 23.4 Å². The van der Waals surface area contributed by atoms with Gasteiger partial charge in [0.15, 0.2) is 5.69 Å². The zero-order chi connectivity index (χ0) is 22.9. The second-order valence-corrected chi connectivity index (χ2v) is 6.84. The van der Waals surface area contributed by atoms with Gasteiger partial charge in [0.2, 0.25) is 0 Å². The third-order valence-corrected chi connectivity index (χ3v) is 4.77. The molecule has 0 bridgehead atoms.